The Morgan fingerprint density at radius 2 is 2.64 bits per heavy atom. The number of allylic oxidation sites excluding steroid dienone is 1. The van der Waals surface area contributed by atoms with Gasteiger partial charge in [0.15, 0.2) is 0 Å². The zero-order valence-corrected chi connectivity index (χ0v) is 8.42. The van der Waals surface area contributed by atoms with Gasteiger partial charge in [-0.05, 0) is 17.9 Å². The Morgan fingerprint density at radius 3 is 3.29 bits per heavy atom. The second kappa shape index (κ2) is 4.37. The van der Waals surface area contributed by atoms with E-state index in [9.17, 15) is 4.79 Å². The smallest absolute Gasteiger partial charge is 0.234 e. The van der Waals surface area contributed by atoms with Crippen LogP contribution in [0.15, 0.2) is 34.5 Å². The molecule has 1 amide bonds. The number of hydrogen-bond acceptors (Lipinski definition) is 3. The van der Waals surface area contributed by atoms with Crippen LogP contribution in [0.2, 0.25) is 0 Å². The lowest BCUT2D eigenvalue weighted by molar-refractivity contribution is -0.120. The molecule has 1 atom stereocenters. The third-order valence-electron chi connectivity index (χ3n) is 2.03. The molecular formula is C10H11NO2S. The number of furan rings is 1. The van der Waals surface area contributed by atoms with Gasteiger partial charge in [-0.3, -0.25) is 4.79 Å². The van der Waals surface area contributed by atoms with Crippen LogP contribution < -0.4 is 5.32 Å². The van der Waals surface area contributed by atoms with Gasteiger partial charge in [-0.15, -0.1) is 11.8 Å². The largest absolute Gasteiger partial charge is 0.472 e. The fraction of sp³-hybridized carbons (Fsp3) is 0.300. The molecule has 0 saturated carbocycles. The molecular weight excluding hydrogens is 198 g/mol. The second-order valence-electron chi connectivity index (χ2n) is 3.08. The number of carbonyl (C=O) groups excluding carboxylic acids is 1. The van der Waals surface area contributed by atoms with Gasteiger partial charge in [0.1, 0.15) is 0 Å². The summed E-state index contributed by atoms with van der Waals surface area (Å²) in [6, 6.07) is 1.85. The molecule has 1 aliphatic rings. The minimum atomic E-state index is 0.0573. The van der Waals surface area contributed by atoms with Gasteiger partial charge in [0.05, 0.1) is 17.8 Å². The average Bonchev–Trinajstić information content (AvgIpc) is 2.87. The van der Waals surface area contributed by atoms with Gasteiger partial charge in [-0.2, -0.15) is 0 Å². The number of hydrogen-bond donors (Lipinski definition) is 1. The molecule has 0 saturated heterocycles. The van der Waals surface area contributed by atoms with Crippen molar-refractivity contribution in [1.29, 1.82) is 0 Å². The lowest BCUT2D eigenvalue weighted by Crippen LogP contribution is -2.30. The van der Waals surface area contributed by atoms with Gasteiger partial charge in [0, 0.05) is 12.1 Å². The molecule has 0 spiro atoms. The molecule has 0 aliphatic carbocycles. The van der Waals surface area contributed by atoms with Crippen LogP contribution in [0, 0.1) is 0 Å². The summed E-state index contributed by atoms with van der Waals surface area (Å²) in [5.41, 5.74) is 0.995. The summed E-state index contributed by atoms with van der Waals surface area (Å²) in [6.07, 6.45) is 6.10. The van der Waals surface area contributed by atoms with Crippen molar-refractivity contribution in [3.8, 4) is 0 Å². The highest BCUT2D eigenvalue weighted by atomic mass is 32.2. The van der Waals surface area contributed by atoms with E-state index in [1.165, 1.54) is 0 Å². The second-order valence-corrected chi connectivity index (χ2v) is 4.19. The third kappa shape index (κ3) is 2.20. The molecule has 1 unspecified atom stereocenters. The molecule has 0 bridgehead atoms. The molecule has 4 heteroatoms. The molecule has 1 N–H and O–H groups in total. The van der Waals surface area contributed by atoms with Crippen LogP contribution in [0.1, 0.15) is 12.0 Å². The van der Waals surface area contributed by atoms with E-state index in [1.807, 2.05) is 17.6 Å². The monoisotopic (exact) mass is 209 g/mol. The van der Waals surface area contributed by atoms with Gasteiger partial charge in [-0.1, -0.05) is 6.08 Å². The van der Waals surface area contributed by atoms with Crippen molar-refractivity contribution in [2.75, 3.05) is 0 Å². The third-order valence-corrected chi connectivity index (χ3v) is 3.11. The van der Waals surface area contributed by atoms with Gasteiger partial charge >= 0.3 is 0 Å². The van der Waals surface area contributed by atoms with Crippen molar-refractivity contribution in [2.24, 2.45) is 0 Å². The van der Waals surface area contributed by atoms with E-state index in [4.69, 9.17) is 4.42 Å². The zero-order chi connectivity index (χ0) is 9.80. The molecule has 0 aromatic carbocycles. The van der Waals surface area contributed by atoms with Crippen LogP contribution >= 0.6 is 11.8 Å². The molecule has 0 radical (unpaired) electrons. The Kier molecular flexibility index (Phi) is 2.93. The van der Waals surface area contributed by atoms with Crippen LogP contribution in [0.5, 0.6) is 0 Å². The number of amides is 1. The summed E-state index contributed by atoms with van der Waals surface area (Å²) < 4.78 is 4.90. The van der Waals surface area contributed by atoms with E-state index in [-0.39, 0.29) is 11.2 Å². The maximum atomic E-state index is 11.5. The molecule has 14 heavy (non-hydrogen) atoms. The quantitative estimate of drug-likeness (QED) is 0.827. The van der Waals surface area contributed by atoms with Crippen molar-refractivity contribution < 1.29 is 9.21 Å². The van der Waals surface area contributed by atoms with Gasteiger partial charge in [0.2, 0.25) is 5.91 Å². The fourth-order valence-corrected chi connectivity index (χ4v) is 2.09. The summed E-state index contributed by atoms with van der Waals surface area (Å²) in [5, 5.41) is 4.90. The number of carbonyl (C=O) groups is 1. The van der Waals surface area contributed by atoms with Crippen molar-refractivity contribution in [3.05, 3.63) is 35.6 Å². The minimum Gasteiger partial charge on any atom is -0.472 e. The van der Waals surface area contributed by atoms with E-state index < -0.39 is 0 Å². The number of thioether (sulfide) groups is 1. The molecule has 1 aromatic rings. The summed E-state index contributed by atoms with van der Waals surface area (Å²) in [7, 11) is 0. The molecule has 3 nitrogen and oxygen atoms in total. The van der Waals surface area contributed by atoms with Crippen LogP contribution in [-0.2, 0) is 11.3 Å². The van der Waals surface area contributed by atoms with E-state index >= 15 is 0 Å². The highest BCUT2D eigenvalue weighted by molar-refractivity contribution is 8.03. The average molecular weight is 209 g/mol. The van der Waals surface area contributed by atoms with Crippen molar-refractivity contribution in [2.45, 2.75) is 18.2 Å². The van der Waals surface area contributed by atoms with Crippen LogP contribution in [0.25, 0.3) is 0 Å². The molecule has 2 rings (SSSR count). The molecule has 1 aromatic heterocycles. The Bertz CT molecular complexity index is 324. The van der Waals surface area contributed by atoms with Crippen LogP contribution in [0.3, 0.4) is 0 Å². The first-order chi connectivity index (χ1) is 6.86. The van der Waals surface area contributed by atoms with Gasteiger partial charge < -0.3 is 9.73 Å². The first-order valence-corrected chi connectivity index (χ1v) is 5.40. The Morgan fingerprint density at radius 1 is 1.71 bits per heavy atom. The normalized spacial score (nSPS) is 19.9. The predicted molar refractivity (Wildman–Crippen MR) is 55.7 cm³/mol. The Balaban J connectivity index is 1.78. The molecule has 0 fully saturated rings. The highest BCUT2D eigenvalue weighted by Crippen LogP contribution is 2.23. The van der Waals surface area contributed by atoms with E-state index in [0.717, 1.165) is 12.0 Å². The van der Waals surface area contributed by atoms with Crippen molar-refractivity contribution in [1.82, 2.24) is 5.32 Å². The Hall–Kier alpha value is -1.16. The fourth-order valence-electron chi connectivity index (χ4n) is 1.25. The van der Waals surface area contributed by atoms with Crippen LogP contribution in [0.4, 0.5) is 0 Å². The first kappa shape index (κ1) is 9.40. The molecule has 2 heterocycles. The number of nitrogens with one attached hydrogen (secondary N) is 1. The standard InChI is InChI=1S/C10H11NO2S/c12-10(9-2-1-5-14-9)11-6-8-3-4-13-7-8/h1,3-5,7,9H,2,6H2,(H,11,12). The predicted octanol–water partition coefficient (Wildman–Crippen LogP) is 1.91. The maximum Gasteiger partial charge on any atom is 0.234 e. The highest BCUT2D eigenvalue weighted by Gasteiger charge is 2.19. The van der Waals surface area contributed by atoms with E-state index in [0.29, 0.717) is 6.54 Å². The lowest BCUT2D eigenvalue weighted by Gasteiger charge is -2.08. The maximum absolute atomic E-state index is 11.5. The van der Waals surface area contributed by atoms with Gasteiger partial charge in [0.25, 0.3) is 0 Å². The Labute approximate surface area is 86.6 Å². The molecule has 74 valence electrons. The summed E-state index contributed by atoms with van der Waals surface area (Å²) >= 11 is 1.57. The van der Waals surface area contributed by atoms with Crippen molar-refractivity contribution >= 4 is 17.7 Å². The summed E-state index contributed by atoms with van der Waals surface area (Å²) in [6.45, 7) is 0.548. The number of rotatable bonds is 3. The van der Waals surface area contributed by atoms with Gasteiger partial charge in [-0.25, -0.2) is 0 Å². The minimum absolute atomic E-state index is 0.0573. The van der Waals surface area contributed by atoms with Crippen LogP contribution in [-0.4, -0.2) is 11.2 Å². The first-order valence-electron chi connectivity index (χ1n) is 4.45. The molecule has 1 aliphatic heterocycles. The topological polar surface area (TPSA) is 42.2 Å². The summed E-state index contributed by atoms with van der Waals surface area (Å²) in [4.78, 5) is 11.5. The lowest BCUT2D eigenvalue weighted by atomic mass is 10.2. The van der Waals surface area contributed by atoms with E-state index in [1.54, 1.807) is 24.3 Å². The van der Waals surface area contributed by atoms with Crippen molar-refractivity contribution in [3.63, 3.8) is 0 Å². The SMILES string of the molecule is O=C(NCc1ccoc1)C1CC=CS1. The zero-order valence-electron chi connectivity index (χ0n) is 7.60. The summed E-state index contributed by atoms with van der Waals surface area (Å²) in [5.74, 6) is 0.0983. The van der Waals surface area contributed by atoms with E-state index in [2.05, 4.69) is 5.32 Å².